The van der Waals surface area contributed by atoms with Crippen LogP contribution < -0.4 is 10.5 Å². The Balaban J connectivity index is 2.40. The molecule has 0 aliphatic heterocycles. The summed E-state index contributed by atoms with van der Waals surface area (Å²) in [5, 5.41) is 7.61. The lowest BCUT2D eigenvalue weighted by Gasteiger charge is -2.04. The molecule has 3 N–H and O–H groups in total. The summed E-state index contributed by atoms with van der Waals surface area (Å²) < 4.78 is 37.6. The van der Waals surface area contributed by atoms with Gasteiger partial charge >= 0.3 is 0 Å². The number of carbonyl (C=O) groups excluding carboxylic acids is 1. The van der Waals surface area contributed by atoms with Gasteiger partial charge in [-0.25, -0.2) is 13.6 Å². The third-order valence-corrected chi connectivity index (χ3v) is 3.60. The van der Waals surface area contributed by atoms with E-state index in [0.29, 0.717) is 32.8 Å². The summed E-state index contributed by atoms with van der Waals surface area (Å²) in [5.74, 6) is -0.493. The molecule has 0 atom stereocenters. The number of furan rings is 1. The predicted molar refractivity (Wildman–Crippen MR) is 74.5 cm³/mol. The van der Waals surface area contributed by atoms with Crippen molar-refractivity contribution in [2.24, 2.45) is 5.14 Å². The second kappa shape index (κ2) is 8.13. The monoisotopic (exact) mass is 320 g/mol. The predicted octanol–water partition coefficient (Wildman–Crippen LogP) is 0.0183. The molecule has 1 heterocycles. The van der Waals surface area contributed by atoms with Crippen molar-refractivity contribution < 1.29 is 27.1 Å². The van der Waals surface area contributed by atoms with E-state index in [1.807, 2.05) is 0 Å². The first-order valence-corrected chi connectivity index (χ1v) is 7.89. The minimum atomic E-state index is -3.89. The Labute approximate surface area is 123 Å². The van der Waals surface area contributed by atoms with Crippen LogP contribution in [0.15, 0.2) is 15.4 Å². The van der Waals surface area contributed by atoms with Gasteiger partial charge in [0, 0.05) is 26.3 Å². The molecule has 1 rings (SSSR count). The maximum atomic E-state index is 11.8. The molecule has 120 valence electrons. The van der Waals surface area contributed by atoms with Crippen molar-refractivity contribution in [1.82, 2.24) is 5.32 Å². The molecule has 8 nitrogen and oxygen atoms in total. The maximum absolute atomic E-state index is 11.8. The van der Waals surface area contributed by atoms with E-state index in [1.54, 1.807) is 7.11 Å². The van der Waals surface area contributed by atoms with Gasteiger partial charge in [-0.05, 0) is 13.3 Å². The van der Waals surface area contributed by atoms with Crippen LogP contribution in [0.2, 0.25) is 0 Å². The molecule has 0 saturated carbocycles. The van der Waals surface area contributed by atoms with Crippen LogP contribution in [0, 0.1) is 6.92 Å². The Morgan fingerprint density at radius 3 is 2.67 bits per heavy atom. The van der Waals surface area contributed by atoms with E-state index in [1.165, 1.54) is 6.92 Å². The average Bonchev–Trinajstić information content (AvgIpc) is 2.79. The highest BCUT2D eigenvalue weighted by Gasteiger charge is 2.20. The zero-order valence-electron chi connectivity index (χ0n) is 12.0. The molecule has 21 heavy (non-hydrogen) atoms. The summed E-state index contributed by atoms with van der Waals surface area (Å²) in [6.45, 7) is 3.33. The lowest BCUT2D eigenvalue weighted by Crippen LogP contribution is -2.25. The Morgan fingerprint density at radius 2 is 2.10 bits per heavy atom. The summed E-state index contributed by atoms with van der Waals surface area (Å²) in [6, 6.07) is 1.12. The fourth-order valence-electron chi connectivity index (χ4n) is 1.57. The third kappa shape index (κ3) is 5.84. The molecule has 0 unspecified atom stereocenters. The second-order valence-electron chi connectivity index (χ2n) is 4.29. The number of primary sulfonamides is 1. The summed E-state index contributed by atoms with van der Waals surface area (Å²) in [5.41, 5.74) is 0. The molecule has 0 saturated heterocycles. The first-order valence-electron chi connectivity index (χ1n) is 6.34. The van der Waals surface area contributed by atoms with Crippen LogP contribution in [-0.4, -0.2) is 47.8 Å². The highest BCUT2D eigenvalue weighted by Crippen LogP contribution is 2.18. The maximum Gasteiger partial charge on any atom is 0.287 e. The van der Waals surface area contributed by atoms with Gasteiger partial charge in [-0.2, -0.15) is 0 Å². The zero-order valence-corrected chi connectivity index (χ0v) is 12.9. The molecule has 0 spiro atoms. The van der Waals surface area contributed by atoms with Gasteiger partial charge in [0.2, 0.25) is 10.0 Å². The van der Waals surface area contributed by atoms with E-state index in [-0.39, 0.29) is 16.4 Å². The fraction of sp³-hybridized carbons (Fsp3) is 0.583. The van der Waals surface area contributed by atoms with Crippen LogP contribution in [0.5, 0.6) is 0 Å². The van der Waals surface area contributed by atoms with Crippen molar-refractivity contribution in [1.29, 1.82) is 0 Å². The number of amides is 1. The Hall–Kier alpha value is -1.42. The molecule has 0 aliphatic carbocycles. The lowest BCUT2D eigenvalue weighted by atomic mass is 10.4. The van der Waals surface area contributed by atoms with Crippen molar-refractivity contribution in [2.45, 2.75) is 18.2 Å². The van der Waals surface area contributed by atoms with Crippen molar-refractivity contribution in [2.75, 3.05) is 33.5 Å². The molecule has 9 heteroatoms. The number of sulfonamides is 1. The summed E-state index contributed by atoms with van der Waals surface area (Å²) >= 11 is 0. The fourth-order valence-corrected chi connectivity index (χ4v) is 2.28. The van der Waals surface area contributed by atoms with Gasteiger partial charge in [0.25, 0.3) is 5.91 Å². The van der Waals surface area contributed by atoms with Crippen LogP contribution >= 0.6 is 0 Å². The van der Waals surface area contributed by atoms with Crippen LogP contribution in [0.4, 0.5) is 0 Å². The van der Waals surface area contributed by atoms with E-state index < -0.39 is 15.9 Å². The second-order valence-corrected chi connectivity index (χ2v) is 5.82. The smallest absolute Gasteiger partial charge is 0.287 e. The van der Waals surface area contributed by atoms with Crippen LogP contribution in [-0.2, 0) is 19.5 Å². The first kappa shape index (κ1) is 17.6. The van der Waals surface area contributed by atoms with E-state index in [2.05, 4.69) is 5.32 Å². The van der Waals surface area contributed by atoms with Crippen LogP contribution in [0.1, 0.15) is 22.7 Å². The average molecular weight is 320 g/mol. The van der Waals surface area contributed by atoms with E-state index in [0.717, 1.165) is 6.07 Å². The minimum absolute atomic E-state index is 0.0863. The standard InChI is InChI=1S/C12H20N2O6S/c1-9-11(21(13,16)17)8-10(20-9)12(15)14-4-3-5-19-7-6-18-2/h8H,3-7H2,1-2H3,(H,14,15)(H2,13,16,17). The largest absolute Gasteiger partial charge is 0.455 e. The number of aryl methyl sites for hydroxylation is 1. The molecular formula is C12H20N2O6S. The van der Waals surface area contributed by atoms with Crippen molar-refractivity contribution in [3.63, 3.8) is 0 Å². The Morgan fingerprint density at radius 1 is 1.38 bits per heavy atom. The number of rotatable bonds is 9. The van der Waals surface area contributed by atoms with Gasteiger partial charge in [0.15, 0.2) is 5.76 Å². The van der Waals surface area contributed by atoms with Crippen molar-refractivity contribution >= 4 is 15.9 Å². The van der Waals surface area contributed by atoms with Gasteiger partial charge in [-0.3, -0.25) is 4.79 Å². The summed E-state index contributed by atoms with van der Waals surface area (Å²) in [4.78, 5) is 11.6. The number of carbonyl (C=O) groups is 1. The molecule has 0 fully saturated rings. The molecule has 1 amide bonds. The molecule has 1 aromatic heterocycles. The van der Waals surface area contributed by atoms with Crippen LogP contribution in [0.3, 0.4) is 0 Å². The molecule has 0 aliphatic rings. The highest BCUT2D eigenvalue weighted by atomic mass is 32.2. The van der Waals surface area contributed by atoms with Crippen molar-refractivity contribution in [3.8, 4) is 0 Å². The SMILES string of the molecule is COCCOCCCNC(=O)c1cc(S(N)(=O)=O)c(C)o1. The number of methoxy groups -OCH3 is 1. The van der Waals surface area contributed by atoms with E-state index >= 15 is 0 Å². The number of hydrogen-bond acceptors (Lipinski definition) is 6. The number of hydrogen-bond donors (Lipinski definition) is 2. The normalized spacial score (nSPS) is 11.6. The van der Waals surface area contributed by atoms with E-state index in [9.17, 15) is 13.2 Å². The first-order chi connectivity index (χ1) is 9.86. The van der Waals surface area contributed by atoms with Gasteiger partial charge in [0.05, 0.1) is 13.2 Å². The molecule has 0 aromatic carbocycles. The lowest BCUT2D eigenvalue weighted by molar-refractivity contribution is 0.0686. The molecule has 0 bridgehead atoms. The number of nitrogens with one attached hydrogen (secondary N) is 1. The third-order valence-electron chi connectivity index (χ3n) is 2.59. The van der Waals surface area contributed by atoms with Gasteiger partial charge in [-0.1, -0.05) is 0 Å². The van der Waals surface area contributed by atoms with E-state index in [4.69, 9.17) is 19.0 Å². The minimum Gasteiger partial charge on any atom is -0.455 e. The van der Waals surface area contributed by atoms with Crippen LogP contribution in [0.25, 0.3) is 0 Å². The topological polar surface area (TPSA) is 121 Å². The quantitative estimate of drug-likeness (QED) is 0.619. The number of nitrogens with two attached hydrogens (primary N) is 1. The van der Waals surface area contributed by atoms with Gasteiger partial charge < -0.3 is 19.2 Å². The highest BCUT2D eigenvalue weighted by molar-refractivity contribution is 7.89. The van der Waals surface area contributed by atoms with Gasteiger partial charge in [0.1, 0.15) is 10.7 Å². The van der Waals surface area contributed by atoms with Crippen molar-refractivity contribution in [3.05, 3.63) is 17.6 Å². The Kier molecular flexibility index (Phi) is 6.82. The Bertz CT molecular complexity index is 566. The molecule has 1 aromatic rings. The zero-order chi connectivity index (χ0) is 15.9. The summed E-state index contributed by atoms with van der Waals surface area (Å²) in [7, 11) is -2.30. The summed E-state index contributed by atoms with van der Waals surface area (Å²) in [6.07, 6.45) is 0.622. The molecule has 0 radical (unpaired) electrons. The molecular weight excluding hydrogens is 300 g/mol. The van der Waals surface area contributed by atoms with Gasteiger partial charge in [-0.15, -0.1) is 0 Å². The number of ether oxygens (including phenoxy) is 2.